The Labute approximate surface area is 181 Å². The van der Waals surface area contributed by atoms with Crippen molar-refractivity contribution in [2.24, 2.45) is 0 Å². The molecular weight excluding hydrogens is 390 g/mol. The number of hydrogen-bond acceptors (Lipinski definition) is 5. The summed E-state index contributed by atoms with van der Waals surface area (Å²) in [4.78, 5) is 29.3. The van der Waals surface area contributed by atoms with E-state index in [2.05, 4.69) is 4.98 Å². The molecule has 0 spiro atoms. The molecule has 156 valence electrons. The molecule has 31 heavy (non-hydrogen) atoms. The number of pyridine rings is 1. The molecule has 1 aliphatic heterocycles. The molecule has 5 heteroatoms. The van der Waals surface area contributed by atoms with Gasteiger partial charge in [0.05, 0.1) is 5.41 Å². The maximum absolute atomic E-state index is 13.2. The summed E-state index contributed by atoms with van der Waals surface area (Å²) in [6, 6.07) is 15.3. The van der Waals surface area contributed by atoms with Gasteiger partial charge in [-0.1, -0.05) is 30.3 Å². The molecule has 0 amide bonds. The minimum atomic E-state index is -0.433. The summed E-state index contributed by atoms with van der Waals surface area (Å²) in [7, 11) is 0. The number of nitrogens with zero attached hydrogens (tertiary/aromatic N) is 1. The predicted molar refractivity (Wildman–Crippen MR) is 117 cm³/mol. The quantitative estimate of drug-likeness (QED) is 0.542. The van der Waals surface area contributed by atoms with Crippen LogP contribution in [0.1, 0.15) is 46.9 Å². The van der Waals surface area contributed by atoms with Crippen molar-refractivity contribution < 1.29 is 19.1 Å². The van der Waals surface area contributed by atoms with Gasteiger partial charge in [-0.15, -0.1) is 0 Å². The van der Waals surface area contributed by atoms with Crippen molar-refractivity contribution in [2.75, 3.05) is 6.79 Å². The molecule has 5 rings (SSSR count). The van der Waals surface area contributed by atoms with Gasteiger partial charge in [0, 0.05) is 29.4 Å². The van der Waals surface area contributed by atoms with Gasteiger partial charge in [0.25, 0.3) is 0 Å². The Morgan fingerprint density at radius 2 is 1.74 bits per heavy atom. The molecule has 1 saturated carbocycles. The summed E-state index contributed by atoms with van der Waals surface area (Å²) >= 11 is 0. The van der Waals surface area contributed by atoms with Crippen LogP contribution < -0.4 is 9.47 Å². The third kappa shape index (κ3) is 3.50. The number of rotatable bonds is 6. The van der Waals surface area contributed by atoms with E-state index in [0.29, 0.717) is 17.7 Å². The van der Waals surface area contributed by atoms with Gasteiger partial charge < -0.3 is 9.47 Å². The Hall–Kier alpha value is -3.47. The first-order chi connectivity index (χ1) is 15.0. The van der Waals surface area contributed by atoms with Gasteiger partial charge >= 0.3 is 0 Å². The highest BCUT2D eigenvalue weighted by atomic mass is 16.7. The Balaban J connectivity index is 1.35. The van der Waals surface area contributed by atoms with Crippen LogP contribution in [0.25, 0.3) is 11.1 Å². The van der Waals surface area contributed by atoms with Crippen molar-refractivity contribution in [2.45, 2.75) is 38.5 Å². The van der Waals surface area contributed by atoms with Crippen LogP contribution in [0.4, 0.5) is 0 Å². The molecule has 0 unspecified atom stereocenters. The molecule has 5 nitrogen and oxygen atoms in total. The smallest absolute Gasteiger partial charge is 0.231 e. The van der Waals surface area contributed by atoms with Gasteiger partial charge in [-0.25, -0.2) is 0 Å². The summed E-state index contributed by atoms with van der Waals surface area (Å²) in [6.07, 6.45) is 3.83. The number of fused-ring (bicyclic) bond motifs is 1. The summed E-state index contributed by atoms with van der Waals surface area (Å²) in [5, 5.41) is 0. The Bertz CT molecular complexity index is 1190. The highest BCUT2D eigenvalue weighted by molar-refractivity contribution is 5.95. The highest BCUT2D eigenvalue weighted by Crippen LogP contribution is 2.51. The molecule has 2 aromatic carbocycles. The lowest BCUT2D eigenvalue weighted by molar-refractivity contribution is -0.120. The SMILES string of the molecule is CC(=O)c1ccc(-c2cnc(CC(=O)C3(c4ccc5c(c4)OCO5)CC3)cc2C)cc1. The van der Waals surface area contributed by atoms with Crippen molar-refractivity contribution in [3.05, 3.63) is 77.1 Å². The van der Waals surface area contributed by atoms with Gasteiger partial charge in [0.15, 0.2) is 17.3 Å². The third-order valence-corrected chi connectivity index (χ3v) is 6.32. The lowest BCUT2D eigenvalue weighted by atomic mass is 9.88. The van der Waals surface area contributed by atoms with E-state index in [1.807, 2.05) is 61.7 Å². The molecule has 1 fully saturated rings. The van der Waals surface area contributed by atoms with Crippen LogP contribution in [0, 0.1) is 6.92 Å². The molecular formula is C26H23NO4. The fraction of sp³-hybridized carbons (Fsp3) is 0.269. The second-order valence-electron chi connectivity index (χ2n) is 8.37. The topological polar surface area (TPSA) is 65.5 Å². The zero-order chi connectivity index (χ0) is 21.6. The van der Waals surface area contributed by atoms with Crippen molar-refractivity contribution in [3.63, 3.8) is 0 Å². The van der Waals surface area contributed by atoms with Crippen molar-refractivity contribution in [1.29, 1.82) is 0 Å². The molecule has 0 bridgehead atoms. The summed E-state index contributed by atoms with van der Waals surface area (Å²) in [5.74, 6) is 1.69. The van der Waals surface area contributed by atoms with Crippen LogP contribution in [0.2, 0.25) is 0 Å². The predicted octanol–water partition coefficient (Wildman–Crippen LogP) is 4.83. The lowest BCUT2D eigenvalue weighted by Gasteiger charge is -2.15. The standard InChI is InChI=1S/C26H23NO4/c1-16-11-21(27-14-22(16)19-5-3-18(4-6-19)17(2)28)13-25(29)26(9-10-26)20-7-8-23-24(12-20)31-15-30-23/h3-8,11-12,14H,9-10,13,15H2,1-2H3. The fourth-order valence-corrected chi connectivity index (χ4v) is 4.28. The van der Waals surface area contributed by atoms with E-state index < -0.39 is 5.41 Å². The maximum Gasteiger partial charge on any atom is 0.231 e. The zero-order valence-corrected chi connectivity index (χ0v) is 17.6. The van der Waals surface area contributed by atoms with Crippen LogP contribution in [-0.4, -0.2) is 23.3 Å². The summed E-state index contributed by atoms with van der Waals surface area (Å²) in [5.41, 5.74) is 5.10. The minimum Gasteiger partial charge on any atom is -0.454 e. The van der Waals surface area contributed by atoms with Gasteiger partial charge in [-0.05, 0) is 61.6 Å². The molecule has 0 atom stereocenters. The lowest BCUT2D eigenvalue weighted by Crippen LogP contribution is -2.23. The number of benzene rings is 2. The van der Waals surface area contributed by atoms with E-state index in [9.17, 15) is 9.59 Å². The van der Waals surface area contributed by atoms with Crippen LogP contribution in [-0.2, 0) is 16.6 Å². The Kier molecular flexibility index (Phi) is 4.62. The van der Waals surface area contributed by atoms with E-state index in [1.54, 1.807) is 6.92 Å². The fourth-order valence-electron chi connectivity index (χ4n) is 4.28. The normalized spacial score (nSPS) is 15.5. The molecule has 0 saturated heterocycles. The number of aromatic nitrogens is 1. The Morgan fingerprint density at radius 3 is 2.42 bits per heavy atom. The van der Waals surface area contributed by atoms with E-state index in [-0.39, 0.29) is 18.4 Å². The van der Waals surface area contributed by atoms with E-state index >= 15 is 0 Å². The monoisotopic (exact) mass is 413 g/mol. The minimum absolute atomic E-state index is 0.0479. The van der Waals surface area contributed by atoms with Gasteiger partial charge in [0.1, 0.15) is 5.78 Å². The number of carbonyl (C=O) groups is 2. The summed E-state index contributed by atoms with van der Waals surface area (Å²) < 4.78 is 10.9. The van der Waals surface area contributed by atoms with Crippen LogP contribution in [0.15, 0.2) is 54.7 Å². The third-order valence-electron chi connectivity index (χ3n) is 6.32. The largest absolute Gasteiger partial charge is 0.454 e. The molecule has 2 aliphatic rings. The van der Waals surface area contributed by atoms with Crippen molar-refractivity contribution in [1.82, 2.24) is 4.98 Å². The van der Waals surface area contributed by atoms with Gasteiger partial charge in [-0.3, -0.25) is 14.6 Å². The number of ether oxygens (including phenoxy) is 2. The first kappa shape index (κ1) is 19.5. The van der Waals surface area contributed by atoms with Gasteiger partial charge in [0.2, 0.25) is 6.79 Å². The second kappa shape index (κ2) is 7.34. The van der Waals surface area contributed by atoms with Crippen LogP contribution in [0.5, 0.6) is 11.5 Å². The summed E-state index contributed by atoms with van der Waals surface area (Å²) in [6.45, 7) is 3.81. The highest BCUT2D eigenvalue weighted by Gasteiger charge is 2.51. The van der Waals surface area contributed by atoms with Crippen molar-refractivity contribution in [3.8, 4) is 22.6 Å². The van der Waals surface area contributed by atoms with Crippen LogP contribution in [0.3, 0.4) is 0 Å². The molecule has 2 heterocycles. The maximum atomic E-state index is 13.2. The molecule has 1 aliphatic carbocycles. The molecule has 0 N–H and O–H groups in total. The van der Waals surface area contributed by atoms with Gasteiger partial charge in [-0.2, -0.15) is 0 Å². The Morgan fingerprint density at radius 1 is 1.00 bits per heavy atom. The average Bonchev–Trinajstić information content (AvgIpc) is 3.45. The number of carbonyl (C=O) groups excluding carboxylic acids is 2. The van der Waals surface area contributed by atoms with E-state index in [4.69, 9.17) is 9.47 Å². The first-order valence-electron chi connectivity index (χ1n) is 10.5. The van der Waals surface area contributed by atoms with E-state index in [1.165, 1.54) is 0 Å². The number of aryl methyl sites for hydroxylation is 1. The zero-order valence-electron chi connectivity index (χ0n) is 17.6. The van der Waals surface area contributed by atoms with Crippen molar-refractivity contribution >= 4 is 11.6 Å². The number of Topliss-reactive ketones (excluding diaryl/α,β-unsaturated/α-hetero) is 2. The molecule has 3 aromatic rings. The van der Waals surface area contributed by atoms with Crippen LogP contribution >= 0.6 is 0 Å². The molecule has 0 radical (unpaired) electrons. The number of hydrogen-bond donors (Lipinski definition) is 0. The first-order valence-corrected chi connectivity index (χ1v) is 10.5. The molecule has 1 aromatic heterocycles. The van der Waals surface area contributed by atoms with E-state index in [0.717, 1.165) is 46.5 Å². The average molecular weight is 413 g/mol. The number of ketones is 2. The second-order valence-corrected chi connectivity index (χ2v) is 8.37.